The Morgan fingerprint density at radius 1 is 1.10 bits per heavy atom. The molecule has 0 bridgehead atoms. The molecule has 1 saturated heterocycles. The van der Waals surface area contributed by atoms with Crippen LogP contribution in [0.15, 0.2) is 71.6 Å². The highest BCUT2D eigenvalue weighted by atomic mass is 32.1. The zero-order valence-electron chi connectivity index (χ0n) is 16.1. The van der Waals surface area contributed by atoms with Gasteiger partial charge in [0.05, 0.1) is 25.3 Å². The van der Waals surface area contributed by atoms with Crippen molar-refractivity contribution in [2.75, 3.05) is 7.11 Å². The van der Waals surface area contributed by atoms with E-state index in [0.717, 1.165) is 4.88 Å². The van der Waals surface area contributed by atoms with Crippen LogP contribution in [0.25, 0.3) is 5.76 Å². The number of aliphatic hydroxyl groups excluding tert-OH is 1. The van der Waals surface area contributed by atoms with Crippen molar-refractivity contribution >= 4 is 28.8 Å². The van der Waals surface area contributed by atoms with Crippen molar-refractivity contribution in [1.29, 1.82) is 0 Å². The second-order valence-corrected chi connectivity index (χ2v) is 7.86. The maximum absolute atomic E-state index is 13.0. The van der Waals surface area contributed by atoms with Crippen LogP contribution in [-0.2, 0) is 16.1 Å². The van der Waals surface area contributed by atoms with Crippen molar-refractivity contribution in [2.24, 2.45) is 0 Å². The summed E-state index contributed by atoms with van der Waals surface area (Å²) >= 11 is 1.48. The zero-order chi connectivity index (χ0) is 21.3. The topological polar surface area (TPSA) is 87.1 Å². The molecular formula is C23H19NO5S. The molecule has 0 spiro atoms. The Bertz CT molecular complexity index is 1120. The number of hydrogen-bond acceptors (Lipinski definition) is 6. The maximum Gasteiger partial charge on any atom is 0.295 e. The number of benzene rings is 2. The summed E-state index contributed by atoms with van der Waals surface area (Å²) in [5.74, 6) is -1.09. The number of carbonyl (C=O) groups excluding carboxylic acids is 2. The predicted octanol–water partition coefficient (Wildman–Crippen LogP) is 4.08. The van der Waals surface area contributed by atoms with Gasteiger partial charge in [-0.25, -0.2) is 0 Å². The van der Waals surface area contributed by atoms with E-state index >= 15 is 0 Å². The second-order valence-electron chi connectivity index (χ2n) is 6.83. The van der Waals surface area contributed by atoms with Crippen LogP contribution in [0.5, 0.6) is 11.5 Å². The monoisotopic (exact) mass is 421 g/mol. The summed E-state index contributed by atoms with van der Waals surface area (Å²) in [6.07, 6.45) is 0. The van der Waals surface area contributed by atoms with Crippen molar-refractivity contribution in [3.05, 3.63) is 87.6 Å². The molecule has 2 aromatic carbocycles. The van der Waals surface area contributed by atoms with E-state index in [9.17, 15) is 19.8 Å². The van der Waals surface area contributed by atoms with Gasteiger partial charge in [-0.05, 0) is 41.3 Å². The summed E-state index contributed by atoms with van der Waals surface area (Å²) in [6, 6.07) is 15.9. The first-order valence-corrected chi connectivity index (χ1v) is 10.1. The molecule has 7 heteroatoms. The minimum atomic E-state index is -0.779. The third-order valence-corrected chi connectivity index (χ3v) is 5.86. The Labute approximate surface area is 177 Å². The van der Waals surface area contributed by atoms with Crippen LogP contribution in [0, 0.1) is 0 Å². The van der Waals surface area contributed by atoms with Gasteiger partial charge in [-0.1, -0.05) is 30.3 Å². The number of thiophene rings is 1. The van der Waals surface area contributed by atoms with Gasteiger partial charge in [-0.2, -0.15) is 0 Å². The molecule has 4 rings (SSSR count). The number of carbonyl (C=O) groups is 2. The molecule has 1 aromatic heterocycles. The number of amides is 1. The van der Waals surface area contributed by atoms with E-state index in [0.29, 0.717) is 16.9 Å². The number of likely N-dealkylation sites (tertiary alicyclic amines) is 1. The maximum atomic E-state index is 13.0. The highest BCUT2D eigenvalue weighted by molar-refractivity contribution is 7.09. The van der Waals surface area contributed by atoms with Crippen LogP contribution in [0.2, 0.25) is 0 Å². The second kappa shape index (κ2) is 8.04. The fraction of sp³-hybridized carbons (Fsp3) is 0.130. The molecule has 2 N–H and O–H groups in total. The number of phenols is 1. The minimum absolute atomic E-state index is 0.00972. The number of ketones is 1. The van der Waals surface area contributed by atoms with Gasteiger partial charge in [-0.3, -0.25) is 9.59 Å². The first-order chi connectivity index (χ1) is 14.5. The van der Waals surface area contributed by atoms with Gasteiger partial charge in [0.2, 0.25) is 0 Å². The molecule has 0 radical (unpaired) electrons. The van der Waals surface area contributed by atoms with E-state index in [4.69, 9.17) is 4.74 Å². The van der Waals surface area contributed by atoms with Crippen molar-refractivity contribution in [1.82, 2.24) is 4.90 Å². The molecule has 1 atom stereocenters. The molecular weight excluding hydrogens is 402 g/mol. The van der Waals surface area contributed by atoms with E-state index in [1.807, 2.05) is 17.5 Å². The third-order valence-electron chi connectivity index (χ3n) is 5.00. The first-order valence-electron chi connectivity index (χ1n) is 9.23. The van der Waals surface area contributed by atoms with Gasteiger partial charge < -0.3 is 19.8 Å². The largest absolute Gasteiger partial charge is 0.508 e. The number of aliphatic hydroxyl groups is 1. The molecule has 152 valence electrons. The van der Waals surface area contributed by atoms with E-state index in [1.54, 1.807) is 36.4 Å². The summed E-state index contributed by atoms with van der Waals surface area (Å²) in [6.45, 7) is 0.239. The molecule has 1 amide bonds. The average molecular weight is 421 g/mol. The molecule has 6 nitrogen and oxygen atoms in total. The highest BCUT2D eigenvalue weighted by Crippen LogP contribution is 2.41. The number of Topliss-reactive ketones (excluding diaryl/α,β-unsaturated/α-hetero) is 1. The molecule has 1 unspecified atom stereocenters. The van der Waals surface area contributed by atoms with Crippen molar-refractivity contribution in [2.45, 2.75) is 12.6 Å². The number of aromatic hydroxyl groups is 1. The van der Waals surface area contributed by atoms with Crippen LogP contribution in [0.3, 0.4) is 0 Å². The number of methoxy groups -OCH3 is 1. The summed E-state index contributed by atoms with van der Waals surface area (Å²) in [5.41, 5.74) is 1.01. The quantitative estimate of drug-likeness (QED) is 0.368. The smallest absolute Gasteiger partial charge is 0.295 e. The fourth-order valence-corrected chi connectivity index (χ4v) is 4.25. The summed E-state index contributed by atoms with van der Waals surface area (Å²) in [5, 5.41) is 22.6. The summed E-state index contributed by atoms with van der Waals surface area (Å²) in [7, 11) is 1.51. The number of hydrogen-bond donors (Lipinski definition) is 2. The van der Waals surface area contributed by atoms with Crippen LogP contribution >= 0.6 is 11.3 Å². The molecule has 3 aromatic rings. The highest BCUT2D eigenvalue weighted by Gasteiger charge is 2.46. The van der Waals surface area contributed by atoms with Crippen LogP contribution in [0.1, 0.15) is 22.0 Å². The Balaban J connectivity index is 1.86. The molecule has 0 saturated carbocycles. The van der Waals surface area contributed by atoms with Gasteiger partial charge in [0.15, 0.2) is 0 Å². The molecule has 30 heavy (non-hydrogen) atoms. The van der Waals surface area contributed by atoms with Gasteiger partial charge >= 0.3 is 0 Å². The Hall–Kier alpha value is -3.58. The third kappa shape index (κ3) is 3.55. The molecule has 0 aliphatic carbocycles. The predicted molar refractivity (Wildman–Crippen MR) is 113 cm³/mol. The fourth-order valence-electron chi connectivity index (χ4n) is 3.54. The lowest BCUT2D eigenvalue weighted by Gasteiger charge is -2.25. The van der Waals surface area contributed by atoms with Crippen molar-refractivity contribution < 1.29 is 24.5 Å². The number of nitrogens with zero attached hydrogens (tertiary/aromatic N) is 1. The lowest BCUT2D eigenvalue weighted by atomic mass is 9.95. The Morgan fingerprint density at radius 2 is 1.87 bits per heavy atom. The van der Waals surface area contributed by atoms with Gasteiger partial charge in [-0.15, -0.1) is 11.3 Å². The minimum Gasteiger partial charge on any atom is -0.508 e. The van der Waals surface area contributed by atoms with Gasteiger partial charge in [0, 0.05) is 10.4 Å². The van der Waals surface area contributed by atoms with Crippen molar-refractivity contribution in [3.63, 3.8) is 0 Å². The average Bonchev–Trinajstić information content (AvgIpc) is 3.36. The van der Waals surface area contributed by atoms with Gasteiger partial charge in [0.1, 0.15) is 17.3 Å². The lowest BCUT2D eigenvalue weighted by molar-refractivity contribution is -0.140. The molecule has 1 aliphatic heterocycles. The normalized spacial score (nSPS) is 18.0. The lowest BCUT2D eigenvalue weighted by Crippen LogP contribution is -2.28. The summed E-state index contributed by atoms with van der Waals surface area (Å²) in [4.78, 5) is 28.3. The number of rotatable bonds is 5. The van der Waals surface area contributed by atoms with Crippen LogP contribution in [0.4, 0.5) is 0 Å². The van der Waals surface area contributed by atoms with Gasteiger partial charge in [0.25, 0.3) is 11.7 Å². The van der Waals surface area contributed by atoms with Crippen molar-refractivity contribution in [3.8, 4) is 11.5 Å². The molecule has 1 fully saturated rings. The van der Waals surface area contributed by atoms with Crippen LogP contribution < -0.4 is 4.74 Å². The van der Waals surface area contributed by atoms with E-state index in [-0.39, 0.29) is 23.6 Å². The number of ether oxygens (including phenoxy) is 1. The van der Waals surface area contributed by atoms with E-state index < -0.39 is 17.7 Å². The van der Waals surface area contributed by atoms with Crippen LogP contribution in [-0.4, -0.2) is 33.9 Å². The number of phenolic OH excluding ortho intramolecular Hbond substituents is 1. The Kier molecular flexibility index (Phi) is 5.29. The van der Waals surface area contributed by atoms with E-state index in [1.165, 1.54) is 35.5 Å². The molecule has 1 aliphatic rings. The SMILES string of the molecule is COc1cccc(/C(O)=C2/C(=O)C(=O)N(Cc3cccs3)C2c2ccc(O)cc2)c1. The Morgan fingerprint density at radius 3 is 2.53 bits per heavy atom. The zero-order valence-corrected chi connectivity index (χ0v) is 16.9. The first kappa shape index (κ1) is 19.7. The standard InChI is InChI=1S/C23H19NO5S/c1-29-17-5-2-4-15(12-17)21(26)19-20(14-7-9-16(25)10-8-14)24(23(28)22(19)27)13-18-6-3-11-30-18/h2-12,20,25-26H,13H2,1H3/b21-19-. The van der Waals surface area contributed by atoms with E-state index in [2.05, 4.69) is 0 Å². The summed E-state index contributed by atoms with van der Waals surface area (Å²) < 4.78 is 5.21. The molecule has 2 heterocycles.